The molecule has 1 unspecified atom stereocenters. The fraction of sp³-hybridized carbons (Fsp3) is 0.455. The Bertz CT molecular complexity index is 370. The third kappa shape index (κ3) is 4.01. The number of rotatable bonds is 6. The van der Waals surface area contributed by atoms with Gasteiger partial charge < -0.3 is 19.9 Å². The number of pyridine rings is 1. The number of carbonyl (C=O) groups excluding carboxylic acids is 1. The Morgan fingerprint density at radius 2 is 2.35 bits per heavy atom. The Hall–Kier alpha value is -1.66. The van der Waals surface area contributed by atoms with Gasteiger partial charge in [0, 0.05) is 19.9 Å². The van der Waals surface area contributed by atoms with Crippen molar-refractivity contribution in [2.24, 2.45) is 0 Å². The molecule has 17 heavy (non-hydrogen) atoms. The molecule has 0 aliphatic rings. The number of amides is 1. The third-order valence-corrected chi connectivity index (χ3v) is 2.11. The molecule has 2 N–H and O–H groups in total. The standard InChI is InChI=1S/C11H16N2O4/c1-16-7-8(14)5-13-11(15)9-3-4-12-6-10(9)17-2/h3-4,6,8,14H,5,7H2,1-2H3,(H,13,15). The molecule has 0 aliphatic carbocycles. The van der Waals surface area contributed by atoms with Crippen molar-refractivity contribution in [3.8, 4) is 5.75 Å². The second-order valence-electron chi connectivity index (χ2n) is 3.40. The highest BCUT2D eigenvalue weighted by molar-refractivity contribution is 5.96. The molecule has 0 bridgehead atoms. The predicted octanol–water partition coefficient (Wildman–Crippen LogP) is -0.173. The summed E-state index contributed by atoms with van der Waals surface area (Å²) in [5, 5.41) is 12.0. The van der Waals surface area contributed by atoms with Crippen LogP contribution >= 0.6 is 0 Å². The van der Waals surface area contributed by atoms with E-state index in [2.05, 4.69) is 10.3 Å². The Labute approximate surface area is 99.6 Å². The van der Waals surface area contributed by atoms with E-state index < -0.39 is 6.10 Å². The first-order valence-electron chi connectivity index (χ1n) is 5.12. The maximum Gasteiger partial charge on any atom is 0.255 e. The van der Waals surface area contributed by atoms with Crippen LogP contribution in [0, 0.1) is 0 Å². The second kappa shape index (κ2) is 6.82. The van der Waals surface area contributed by atoms with Crippen molar-refractivity contribution in [3.05, 3.63) is 24.0 Å². The molecule has 0 saturated heterocycles. The van der Waals surface area contributed by atoms with Gasteiger partial charge in [0.05, 0.1) is 31.6 Å². The molecule has 1 rings (SSSR count). The number of methoxy groups -OCH3 is 2. The number of aliphatic hydroxyl groups is 1. The first-order chi connectivity index (χ1) is 8.19. The molecule has 0 fully saturated rings. The lowest BCUT2D eigenvalue weighted by Gasteiger charge is -2.12. The van der Waals surface area contributed by atoms with Crippen molar-refractivity contribution in [1.29, 1.82) is 0 Å². The molecule has 1 heterocycles. The minimum absolute atomic E-state index is 0.123. The van der Waals surface area contributed by atoms with E-state index in [0.717, 1.165) is 0 Å². The zero-order valence-electron chi connectivity index (χ0n) is 9.84. The molecular weight excluding hydrogens is 224 g/mol. The normalized spacial score (nSPS) is 11.9. The molecule has 1 aromatic heterocycles. The van der Waals surface area contributed by atoms with Gasteiger partial charge in [0.15, 0.2) is 0 Å². The van der Waals surface area contributed by atoms with Gasteiger partial charge in [0.2, 0.25) is 0 Å². The Balaban J connectivity index is 2.58. The molecule has 1 amide bonds. The topological polar surface area (TPSA) is 80.7 Å². The van der Waals surface area contributed by atoms with E-state index in [1.807, 2.05) is 0 Å². The summed E-state index contributed by atoms with van der Waals surface area (Å²) < 4.78 is 9.76. The van der Waals surface area contributed by atoms with Gasteiger partial charge in [-0.15, -0.1) is 0 Å². The number of carbonyl (C=O) groups is 1. The highest BCUT2D eigenvalue weighted by Gasteiger charge is 2.13. The van der Waals surface area contributed by atoms with Crippen LogP contribution in [-0.4, -0.2) is 49.5 Å². The number of hydrogen-bond acceptors (Lipinski definition) is 5. The van der Waals surface area contributed by atoms with Crippen LogP contribution in [0.4, 0.5) is 0 Å². The Kier molecular flexibility index (Phi) is 5.38. The van der Waals surface area contributed by atoms with E-state index in [4.69, 9.17) is 9.47 Å². The molecule has 0 aliphatic heterocycles. The average Bonchev–Trinajstić information content (AvgIpc) is 2.36. The van der Waals surface area contributed by atoms with Gasteiger partial charge in [0.25, 0.3) is 5.91 Å². The minimum Gasteiger partial charge on any atom is -0.494 e. The number of aliphatic hydroxyl groups excluding tert-OH is 1. The van der Waals surface area contributed by atoms with Gasteiger partial charge in [-0.3, -0.25) is 9.78 Å². The van der Waals surface area contributed by atoms with Crippen LogP contribution in [0.3, 0.4) is 0 Å². The SMILES string of the molecule is COCC(O)CNC(=O)c1ccncc1OC. The lowest BCUT2D eigenvalue weighted by atomic mass is 10.2. The molecule has 0 aromatic carbocycles. The summed E-state index contributed by atoms with van der Waals surface area (Å²) in [6.07, 6.45) is 2.24. The molecule has 94 valence electrons. The lowest BCUT2D eigenvalue weighted by molar-refractivity contribution is 0.0609. The summed E-state index contributed by atoms with van der Waals surface area (Å²) in [7, 11) is 2.95. The molecule has 6 heteroatoms. The molecule has 1 aromatic rings. The maximum atomic E-state index is 11.8. The fourth-order valence-corrected chi connectivity index (χ4v) is 1.29. The van der Waals surface area contributed by atoms with Crippen LogP contribution in [0.15, 0.2) is 18.5 Å². The summed E-state index contributed by atoms with van der Waals surface area (Å²) in [6.45, 7) is 0.298. The quantitative estimate of drug-likeness (QED) is 0.721. The van der Waals surface area contributed by atoms with Crippen molar-refractivity contribution in [2.45, 2.75) is 6.10 Å². The summed E-state index contributed by atoms with van der Waals surface area (Å²) in [5.74, 6) is 0.0747. The fourth-order valence-electron chi connectivity index (χ4n) is 1.29. The van der Waals surface area contributed by atoms with Gasteiger partial charge in [-0.1, -0.05) is 0 Å². The largest absolute Gasteiger partial charge is 0.494 e. The third-order valence-electron chi connectivity index (χ3n) is 2.11. The minimum atomic E-state index is -0.725. The molecule has 0 saturated carbocycles. The zero-order chi connectivity index (χ0) is 12.7. The highest BCUT2D eigenvalue weighted by atomic mass is 16.5. The number of nitrogens with one attached hydrogen (secondary N) is 1. The second-order valence-corrected chi connectivity index (χ2v) is 3.40. The zero-order valence-corrected chi connectivity index (χ0v) is 9.84. The summed E-state index contributed by atoms with van der Waals surface area (Å²) in [5.41, 5.74) is 0.382. The Morgan fingerprint density at radius 1 is 1.59 bits per heavy atom. The van der Waals surface area contributed by atoms with Crippen molar-refractivity contribution >= 4 is 5.91 Å². The molecule has 1 atom stereocenters. The molecule has 0 spiro atoms. The van der Waals surface area contributed by atoms with E-state index in [9.17, 15) is 9.90 Å². The van der Waals surface area contributed by atoms with Gasteiger partial charge in [-0.2, -0.15) is 0 Å². The summed E-state index contributed by atoms with van der Waals surface area (Å²) >= 11 is 0. The van der Waals surface area contributed by atoms with Gasteiger partial charge in [0.1, 0.15) is 5.75 Å². The number of hydrogen-bond donors (Lipinski definition) is 2. The van der Waals surface area contributed by atoms with Crippen LogP contribution < -0.4 is 10.1 Å². The summed E-state index contributed by atoms with van der Waals surface area (Å²) in [4.78, 5) is 15.6. The van der Waals surface area contributed by atoms with Crippen molar-refractivity contribution in [2.75, 3.05) is 27.4 Å². The van der Waals surface area contributed by atoms with Gasteiger partial charge >= 0.3 is 0 Å². The Morgan fingerprint density at radius 3 is 3.00 bits per heavy atom. The predicted molar refractivity (Wildman–Crippen MR) is 61.0 cm³/mol. The van der Waals surface area contributed by atoms with Gasteiger partial charge in [-0.05, 0) is 6.07 Å². The van der Waals surface area contributed by atoms with Crippen LogP contribution in [0.25, 0.3) is 0 Å². The lowest BCUT2D eigenvalue weighted by Crippen LogP contribution is -2.34. The van der Waals surface area contributed by atoms with Crippen LogP contribution in [0.1, 0.15) is 10.4 Å². The van der Waals surface area contributed by atoms with Crippen LogP contribution in [-0.2, 0) is 4.74 Å². The van der Waals surface area contributed by atoms with Gasteiger partial charge in [-0.25, -0.2) is 0 Å². The monoisotopic (exact) mass is 240 g/mol. The van der Waals surface area contributed by atoms with E-state index in [1.165, 1.54) is 26.6 Å². The number of ether oxygens (including phenoxy) is 2. The van der Waals surface area contributed by atoms with E-state index >= 15 is 0 Å². The van der Waals surface area contributed by atoms with E-state index in [1.54, 1.807) is 6.07 Å². The number of nitrogens with zero attached hydrogens (tertiary/aromatic N) is 1. The van der Waals surface area contributed by atoms with E-state index in [0.29, 0.717) is 11.3 Å². The highest BCUT2D eigenvalue weighted by Crippen LogP contribution is 2.14. The molecular formula is C11H16N2O4. The van der Waals surface area contributed by atoms with Crippen molar-refractivity contribution in [1.82, 2.24) is 10.3 Å². The molecule has 0 radical (unpaired) electrons. The van der Waals surface area contributed by atoms with Crippen molar-refractivity contribution < 1.29 is 19.4 Å². The first-order valence-corrected chi connectivity index (χ1v) is 5.12. The summed E-state index contributed by atoms with van der Waals surface area (Å²) in [6, 6.07) is 1.55. The maximum absolute atomic E-state index is 11.8. The van der Waals surface area contributed by atoms with Crippen LogP contribution in [0.2, 0.25) is 0 Å². The smallest absolute Gasteiger partial charge is 0.255 e. The average molecular weight is 240 g/mol. The van der Waals surface area contributed by atoms with E-state index in [-0.39, 0.29) is 19.1 Å². The van der Waals surface area contributed by atoms with Crippen LogP contribution in [0.5, 0.6) is 5.75 Å². The van der Waals surface area contributed by atoms with Crippen molar-refractivity contribution in [3.63, 3.8) is 0 Å². The first kappa shape index (κ1) is 13.4. The molecule has 6 nitrogen and oxygen atoms in total. The number of aromatic nitrogens is 1.